The monoisotopic (exact) mass is 358 g/mol. The lowest BCUT2D eigenvalue weighted by Gasteiger charge is -2.14. The van der Waals surface area contributed by atoms with E-state index in [-0.39, 0.29) is 29.5 Å². The van der Waals surface area contributed by atoms with E-state index in [9.17, 15) is 19.7 Å². The molecule has 1 amide bonds. The van der Waals surface area contributed by atoms with Gasteiger partial charge in [-0.1, -0.05) is 31.4 Å². The number of hydrogen-bond acceptors (Lipinski definition) is 5. The fraction of sp³-hybridized carbons (Fsp3) is 0.467. The number of aliphatic carboxylic acids is 1. The molecule has 1 atom stereocenters. The number of amides is 1. The first-order valence-corrected chi connectivity index (χ1v) is 7.81. The minimum absolute atomic E-state index is 0.00188. The van der Waals surface area contributed by atoms with Gasteiger partial charge in [-0.05, 0) is 18.6 Å². The second-order valence-corrected chi connectivity index (χ2v) is 5.50. The van der Waals surface area contributed by atoms with Crippen LogP contribution in [0.15, 0.2) is 18.2 Å². The van der Waals surface area contributed by atoms with E-state index in [1.807, 2.05) is 6.92 Å². The molecule has 2 N–H and O–H groups in total. The summed E-state index contributed by atoms with van der Waals surface area (Å²) >= 11 is 5.69. The zero-order chi connectivity index (χ0) is 18.1. The number of unbranched alkanes of at least 4 members (excludes halogenated alkanes) is 1. The molecule has 1 aromatic carbocycles. The van der Waals surface area contributed by atoms with Gasteiger partial charge in [0.1, 0.15) is 6.04 Å². The first-order valence-electron chi connectivity index (χ1n) is 7.44. The van der Waals surface area contributed by atoms with Crippen LogP contribution in [0, 0.1) is 10.1 Å². The second-order valence-electron chi connectivity index (χ2n) is 5.07. The molecule has 0 radical (unpaired) electrons. The topological polar surface area (TPSA) is 119 Å². The molecule has 0 saturated carbocycles. The quantitative estimate of drug-likeness (QED) is 0.490. The lowest BCUT2D eigenvalue weighted by atomic mass is 10.1. The Kier molecular flexibility index (Phi) is 7.97. The molecule has 24 heavy (non-hydrogen) atoms. The Hall–Kier alpha value is -2.35. The maximum Gasteiger partial charge on any atom is 0.326 e. The van der Waals surface area contributed by atoms with Crippen LogP contribution in [0.4, 0.5) is 5.69 Å². The van der Waals surface area contributed by atoms with Crippen molar-refractivity contribution in [1.82, 2.24) is 5.32 Å². The molecule has 0 aromatic heterocycles. The van der Waals surface area contributed by atoms with Gasteiger partial charge < -0.3 is 15.2 Å². The van der Waals surface area contributed by atoms with Crippen LogP contribution in [-0.2, 0) is 9.59 Å². The predicted octanol–water partition coefficient (Wildman–Crippen LogP) is 2.78. The summed E-state index contributed by atoms with van der Waals surface area (Å²) in [5.41, 5.74) is -0.297. The van der Waals surface area contributed by atoms with Crippen molar-refractivity contribution in [3.63, 3.8) is 0 Å². The molecule has 0 saturated heterocycles. The van der Waals surface area contributed by atoms with E-state index in [2.05, 4.69) is 5.32 Å². The molecule has 0 spiro atoms. The number of halogens is 1. The van der Waals surface area contributed by atoms with E-state index in [0.717, 1.165) is 12.5 Å². The van der Waals surface area contributed by atoms with Crippen LogP contribution in [0.25, 0.3) is 0 Å². The number of hydrogen-bond donors (Lipinski definition) is 2. The van der Waals surface area contributed by atoms with Crippen molar-refractivity contribution in [2.24, 2.45) is 0 Å². The molecular formula is C15H19ClN2O6. The third-order valence-corrected chi connectivity index (χ3v) is 3.42. The van der Waals surface area contributed by atoms with Crippen LogP contribution >= 0.6 is 11.6 Å². The minimum atomic E-state index is -1.09. The van der Waals surface area contributed by atoms with Crippen molar-refractivity contribution in [1.29, 1.82) is 0 Å². The summed E-state index contributed by atoms with van der Waals surface area (Å²) < 4.78 is 5.24. The number of carboxylic acid groups (broad SMARTS) is 1. The number of nitro groups is 1. The van der Waals surface area contributed by atoms with Crippen molar-refractivity contribution >= 4 is 29.2 Å². The molecule has 0 heterocycles. The fourth-order valence-electron chi connectivity index (χ4n) is 1.94. The van der Waals surface area contributed by atoms with E-state index < -0.39 is 22.8 Å². The van der Waals surface area contributed by atoms with E-state index in [1.165, 1.54) is 12.1 Å². The summed E-state index contributed by atoms with van der Waals surface area (Å²) in [6.45, 7) is 1.81. The molecule has 0 aliphatic rings. The highest BCUT2D eigenvalue weighted by Gasteiger charge is 2.20. The number of carbonyl (C=O) groups excluding carboxylic acids is 1. The molecule has 1 rings (SSSR count). The van der Waals surface area contributed by atoms with Gasteiger partial charge in [0, 0.05) is 11.1 Å². The smallest absolute Gasteiger partial charge is 0.326 e. The predicted molar refractivity (Wildman–Crippen MR) is 87.3 cm³/mol. The van der Waals surface area contributed by atoms with Crippen molar-refractivity contribution in [3.05, 3.63) is 33.3 Å². The summed E-state index contributed by atoms with van der Waals surface area (Å²) in [5.74, 6) is -1.58. The Balaban J connectivity index is 2.53. The Morgan fingerprint density at radius 2 is 2.17 bits per heavy atom. The van der Waals surface area contributed by atoms with Crippen molar-refractivity contribution in [2.75, 3.05) is 6.61 Å². The largest absolute Gasteiger partial charge is 0.486 e. The maximum absolute atomic E-state index is 11.8. The van der Waals surface area contributed by atoms with Crippen LogP contribution in [0.2, 0.25) is 5.02 Å². The van der Waals surface area contributed by atoms with Crippen LogP contribution < -0.4 is 10.1 Å². The van der Waals surface area contributed by atoms with Crippen LogP contribution in [0.5, 0.6) is 5.75 Å². The number of carbonyl (C=O) groups is 2. The SMILES string of the molecule is CCCC[C@H](NC(=O)CCOc1ccc(Cl)cc1[N+](=O)[O-])C(=O)O. The zero-order valence-electron chi connectivity index (χ0n) is 13.2. The molecule has 0 fully saturated rings. The molecular weight excluding hydrogens is 340 g/mol. The van der Waals surface area contributed by atoms with Gasteiger partial charge in [-0.15, -0.1) is 0 Å². The number of carboxylic acids is 1. The summed E-state index contributed by atoms with van der Waals surface area (Å²) in [5, 5.41) is 22.6. The Morgan fingerprint density at radius 3 is 2.75 bits per heavy atom. The standard InChI is InChI=1S/C15H19ClN2O6/c1-2-3-4-11(15(20)21)17-14(19)7-8-24-13-6-5-10(16)9-12(13)18(22)23/h5-6,9,11H,2-4,7-8H2,1H3,(H,17,19)(H,20,21)/t11-/m0/s1. The van der Waals surface area contributed by atoms with Gasteiger partial charge >= 0.3 is 11.7 Å². The highest BCUT2D eigenvalue weighted by molar-refractivity contribution is 6.30. The van der Waals surface area contributed by atoms with Crippen molar-refractivity contribution in [2.45, 2.75) is 38.6 Å². The number of nitrogens with one attached hydrogen (secondary N) is 1. The van der Waals surface area contributed by atoms with Crippen molar-refractivity contribution in [3.8, 4) is 5.75 Å². The summed E-state index contributed by atoms with van der Waals surface area (Å²) in [4.78, 5) is 33.1. The lowest BCUT2D eigenvalue weighted by Crippen LogP contribution is -2.41. The Labute approximate surface area is 143 Å². The average Bonchev–Trinajstić information content (AvgIpc) is 2.52. The molecule has 132 valence electrons. The van der Waals surface area contributed by atoms with Gasteiger partial charge in [0.2, 0.25) is 5.91 Å². The number of benzene rings is 1. The highest BCUT2D eigenvalue weighted by atomic mass is 35.5. The highest BCUT2D eigenvalue weighted by Crippen LogP contribution is 2.29. The molecule has 0 bridgehead atoms. The van der Waals surface area contributed by atoms with Crippen LogP contribution in [-0.4, -0.2) is 34.6 Å². The first kappa shape index (κ1) is 19.7. The van der Waals surface area contributed by atoms with Crippen LogP contribution in [0.3, 0.4) is 0 Å². The molecule has 0 aliphatic carbocycles. The second kappa shape index (κ2) is 9.71. The fourth-order valence-corrected chi connectivity index (χ4v) is 2.11. The van der Waals surface area contributed by atoms with Gasteiger partial charge in [0.15, 0.2) is 5.75 Å². The third kappa shape index (κ3) is 6.41. The van der Waals surface area contributed by atoms with Gasteiger partial charge in [-0.3, -0.25) is 14.9 Å². The summed E-state index contributed by atoms with van der Waals surface area (Å²) in [6.07, 6.45) is 1.74. The third-order valence-electron chi connectivity index (χ3n) is 3.18. The van der Waals surface area contributed by atoms with Gasteiger partial charge in [0.05, 0.1) is 18.0 Å². The van der Waals surface area contributed by atoms with E-state index in [1.54, 1.807) is 0 Å². The van der Waals surface area contributed by atoms with E-state index in [0.29, 0.717) is 12.8 Å². The molecule has 1 aromatic rings. The normalized spacial score (nSPS) is 11.6. The van der Waals surface area contributed by atoms with Gasteiger partial charge in [-0.2, -0.15) is 0 Å². The van der Waals surface area contributed by atoms with E-state index in [4.69, 9.17) is 21.4 Å². The number of nitro benzene ring substituents is 1. The summed E-state index contributed by atoms with van der Waals surface area (Å²) in [6, 6.07) is 3.00. The number of rotatable bonds is 10. The van der Waals surface area contributed by atoms with Gasteiger partial charge in [0.25, 0.3) is 0 Å². The Morgan fingerprint density at radius 1 is 1.46 bits per heavy atom. The first-order chi connectivity index (χ1) is 11.3. The summed E-state index contributed by atoms with van der Waals surface area (Å²) in [7, 11) is 0. The van der Waals surface area contributed by atoms with Crippen molar-refractivity contribution < 1.29 is 24.4 Å². The molecule has 8 nitrogen and oxygen atoms in total. The molecule has 9 heteroatoms. The molecule has 0 aliphatic heterocycles. The maximum atomic E-state index is 11.8. The number of ether oxygens (including phenoxy) is 1. The molecule has 0 unspecified atom stereocenters. The average molecular weight is 359 g/mol. The Bertz CT molecular complexity index is 608. The van der Waals surface area contributed by atoms with Crippen LogP contribution in [0.1, 0.15) is 32.6 Å². The van der Waals surface area contributed by atoms with Gasteiger partial charge in [-0.25, -0.2) is 4.79 Å². The lowest BCUT2D eigenvalue weighted by molar-refractivity contribution is -0.385. The minimum Gasteiger partial charge on any atom is -0.486 e. The number of nitrogens with zero attached hydrogens (tertiary/aromatic N) is 1. The van der Waals surface area contributed by atoms with E-state index >= 15 is 0 Å². The zero-order valence-corrected chi connectivity index (χ0v) is 13.9.